The molecule has 0 spiro atoms. The zero-order valence-corrected chi connectivity index (χ0v) is 13.2. The van der Waals surface area contributed by atoms with Crippen LogP contribution in [0.4, 0.5) is 0 Å². The quantitative estimate of drug-likeness (QED) is 0.435. The van der Waals surface area contributed by atoms with Gasteiger partial charge in [0, 0.05) is 0 Å². The van der Waals surface area contributed by atoms with Crippen LogP contribution >= 0.6 is 0 Å². The van der Waals surface area contributed by atoms with E-state index in [0.717, 1.165) is 0 Å². The van der Waals surface area contributed by atoms with Crippen LogP contribution in [-0.2, 0) is 24.5 Å². The number of allylic oxidation sites excluding steroid dienone is 1. The molecule has 0 saturated carbocycles. The molecule has 22 heavy (non-hydrogen) atoms. The zero-order valence-electron chi connectivity index (χ0n) is 13.2. The third-order valence-corrected chi connectivity index (χ3v) is 3.39. The summed E-state index contributed by atoms with van der Waals surface area (Å²) in [7, 11) is 5.38. The summed E-state index contributed by atoms with van der Waals surface area (Å²) in [5, 5.41) is 0. The molecule has 0 aliphatic heterocycles. The Hall–Kier alpha value is -2.50. The van der Waals surface area contributed by atoms with E-state index in [1.54, 1.807) is 18.2 Å². The van der Waals surface area contributed by atoms with E-state index in [9.17, 15) is 9.59 Å². The largest absolute Gasteiger partial charge is 0.493 e. The summed E-state index contributed by atoms with van der Waals surface area (Å²) >= 11 is 0. The SMILES string of the molecule is C=CCC(C(=O)OC)(C(=O)OC)c1ccc(OC)c(OC)c1. The second-order valence-corrected chi connectivity index (χ2v) is 4.45. The molecule has 0 heterocycles. The first-order valence-corrected chi connectivity index (χ1v) is 6.52. The van der Waals surface area contributed by atoms with Gasteiger partial charge >= 0.3 is 11.9 Å². The fourth-order valence-electron chi connectivity index (χ4n) is 2.27. The summed E-state index contributed by atoms with van der Waals surface area (Å²) in [6.07, 6.45) is 1.49. The lowest BCUT2D eigenvalue weighted by Crippen LogP contribution is -2.45. The van der Waals surface area contributed by atoms with E-state index in [2.05, 4.69) is 6.58 Å². The van der Waals surface area contributed by atoms with Crippen molar-refractivity contribution in [1.82, 2.24) is 0 Å². The summed E-state index contributed by atoms with van der Waals surface area (Å²) in [5.74, 6) is -0.590. The molecule has 120 valence electrons. The molecule has 0 fully saturated rings. The number of esters is 2. The Morgan fingerprint density at radius 2 is 1.59 bits per heavy atom. The van der Waals surface area contributed by atoms with Gasteiger partial charge in [-0.25, -0.2) is 0 Å². The first-order chi connectivity index (χ1) is 10.5. The number of carbonyl (C=O) groups is 2. The maximum atomic E-state index is 12.3. The monoisotopic (exact) mass is 308 g/mol. The van der Waals surface area contributed by atoms with Crippen molar-refractivity contribution in [3.05, 3.63) is 36.4 Å². The molecule has 0 bridgehead atoms. The zero-order chi connectivity index (χ0) is 16.8. The third kappa shape index (κ3) is 2.90. The molecular weight excluding hydrogens is 288 g/mol. The summed E-state index contributed by atoms with van der Waals surface area (Å²) in [6, 6.07) is 4.76. The standard InChI is InChI=1S/C16H20O6/c1-6-9-16(14(17)21-4,15(18)22-5)11-7-8-12(19-2)13(10-11)20-3/h6-8,10H,1,9H2,2-5H3. The molecular formula is C16H20O6. The van der Waals surface area contributed by atoms with Crippen molar-refractivity contribution in [2.75, 3.05) is 28.4 Å². The van der Waals surface area contributed by atoms with Gasteiger partial charge in [0.25, 0.3) is 0 Å². The molecule has 1 rings (SSSR count). The average molecular weight is 308 g/mol. The number of methoxy groups -OCH3 is 4. The summed E-state index contributed by atoms with van der Waals surface area (Å²) in [6.45, 7) is 3.61. The van der Waals surface area contributed by atoms with E-state index in [1.165, 1.54) is 34.5 Å². The molecule has 0 aliphatic rings. The second kappa shape index (κ2) is 7.49. The van der Waals surface area contributed by atoms with E-state index < -0.39 is 17.4 Å². The summed E-state index contributed by atoms with van der Waals surface area (Å²) < 4.78 is 20.0. The fraction of sp³-hybridized carbons (Fsp3) is 0.375. The molecule has 1 aromatic carbocycles. The molecule has 6 heteroatoms. The van der Waals surface area contributed by atoms with Crippen LogP contribution in [-0.4, -0.2) is 40.4 Å². The summed E-state index contributed by atoms with van der Waals surface area (Å²) in [4.78, 5) is 24.7. The van der Waals surface area contributed by atoms with E-state index in [-0.39, 0.29) is 6.42 Å². The number of benzene rings is 1. The van der Waals surface area contributed by atoms with Crippen LogP contribution in [0.5, 0.6) is 11.5 Å². The Kier molecular flexibility index (Phi) is 5.98. The van der Waals surface area contributed by atoms with Gasteiger partial charge in [-0.3, -0.25) is 9.59 Å². The van der Waals surface area contributed by atoms with E-state index >= 15 is 0 Å². The normalized spacial score (nSPS) is 10.5. The first kappa shape index (κ1) is 17.6. The van der Waals surface area contributed by atoms with Crippen molar-refractivity contribution in [2.24, 2.45) is 0 Å². The molecule has 0 N–H and O–H groups in total. The van der Waals surface area contributed by atoms with Gasteiger partial charge < -0.3 is 18.9 Å². The Labute approximate surface area is 129 Å². The van der Waals surface area contributed by atoms with Crippen molar-refractivity contribution in [3.8, 4) is 11.5 Å². The van der Waals surface area contributed by atoms with Crippen molar-refractivity contribution in [1.29, 1.82) is 0 Å². The van der Waals surface area contributed by atoms with Crippen molar-refractivity contribution in [2.45, 2.75) is 11.8 Å². The molecule has 0 radical (unpaired) electrons. The highest BCUT2D eigenvalue weighted by Crippen LogP contribution is 2.37. The highest BCUT2D eigenvalue weighted by Gasteiger charge is 2.49. The minimum absolute atomic E-state index is 0.0296. The van der Waals surface area contributed by atoms with Crippen LogP contribution in [0.25, 0.3) is 0 Å². The van der Waals surface area contributed by atoms with E-state index in [0.29, 0.717) is 17.1 Å². The van der Waals surface area contributed by atoms with Crippen molar-refractivity contribution in [3.63, 3.8) is 0 Å². The molecule has 0 amide bonds. The highest BCUT2D eigenvalue weighted by atomic mass is 16.5. The van der Waals surface area contributed by atoms with Crippen LogP contribution in [0.1, 0.15) is 12.0 Å². The van der Waals surface area contributed by atoms with Gasteiger partial charge in [-0.05, 0) is 24.1 Å². The Morgan fingerprint density at radius 3 is 2.00 bits per heavy atom. The molecule has 0 unspecified atom stereocenters. The van der Waals surface area contributed by atoms with E-state index in [4.69, 9.17) is 18.9 Å². The van der Waals surface area contributed by atoms with Crippen LogP contribution in [0.15, 0.2) is 30.9 Å². The fourth-order valence-corrected chi connectivity index (χ4v) is 2.27. The highest BCUT2D eigenvalue weighted by molar-refractivity contribution is 6.06. The maximum absolute atomic E-state index is 12.3. The van der Waals surface area contributed by atoms with Gasteiger partial charge in [0.05, 0.1) is 28.4 Å². The minimum atomic E-state index is -1.63. The molecule has 0 atom stereocenters. The molecule has 1 aromatic rings. The Bertz CT molecular complexity index is 548. The van der Waals surface area contributed by atoms with Crippen molar-refractivity contribution < 1.29 is 28.5 Å². The van der Waals surface area contributed by atoms with Crippen LogP contribution in [0.2, 0.25) is 0 Å². The average Bonchev–Trinajstić information content (AvgIpc) is 2.57. The number of hydrogen-bond donors (Lipinski definition) is 0. The van der Waals surface area contributed by atoms with Gasteiger partial charge in [-0.1, -0.05) is 12.1 Å². The number of ether oxygens (including phenoxy) is 4. The summed E-state index contributed by atoms with van der Waals surface area (Å²) in [5.41, 5.74) is -1.26. The van der Waals surface area contributed by atoms with Gasteiger partial charge in [0.2, 0.25) is 0 Å². The van der Waals surface area contributed by atoms with Crippen LogP contribution < -0.4 is 9.47 Å². The molecule has 6 nitrogen and oxygen atoms in total. The minimum Gasteiger partial charge on any atom is -0.493 e. The van der Waals surface area contributed by atoms with Crippen LogP contribution in [0, 0.1) is 0 Å². The molecule has 0 aromatic heterocycles. The van der Waals surface area contributed by atoms with Crippen molar-refractivity contribution >= 4 is 11.9 Å². The lowest BCUT2D eigenvalue weighted by Gasteiger charge is -2.28. The van der Waals surface area contributed by atoms with Gasteiger partial charge in [-0.15, -0.1) is 6.58 Å². The number of hydrogen-bond acceptors (Lipinski definition) is 6. The third-order valence-electron chi connectivity index (χ3n) is 3.39. The maximum Gasteiger partial charge on any atom is 0.328 e. The topological polar surface area (TPSA) is 71.1 Å². The van der Waals surface area contributed by atoms with Gasteiger partial charge in [0.1, 0.15) is 0 Å². The first-order valence-electron chi connectivity index (χ1n) is 6.52. The molecule has 0 aliphatic carbocycles. The lowest BCUT2D eigenvalue weighted by atomic mass is 9.77. The predicted molar refractivity (Wildman–Crippen MR) is 80.1 cm³/mol. The van der Waals surface area contributed by atoms with Crippen LogP contribution in [0.3, 0.4) is 0 Å². The molecule has 0 saturated heterocycles. The lowest BCUT2D eigenvalue weighted by molar-refractivity contribution is -0.161. The Balaban J connectivity index is 3.59. The number of carbonyl (C=O) groups excluding carboxylic acids is 2. The Morgan fingerprint density at radius 1 is 1.05 bits per heavy atom. The van der Waals surface area contributed by atoms with Gasteiger partial charge in [0.15, 0.2) is 16.9 Å². The van der Waals surface area contributed by atoms with E-state index in [1.807, 2.05) is 0 Å². The smallest absolute Gasteiger partial charge is 0.328 e. The number of rotatable bonds is 7. The second-order valence-electron chi connectivity index (χ2n) is 4.45. The van der Waals surface area contributed by atoms with Gasteiger partial charge in [-0.2, -0.15) is 0 Å². The predicted octanol–water partition coefficient (Wildman–Crippen LogP) is 1.86.